The molecule has 1 amide bonds. The van der Waals surface area contributed by atoms with Gasteiger partial charge in [-0.1, -0.05) is 6.07 Å². The van der Waals surface area contributed by atoms with Gasteiger partial charge in [-0.05, 0) is 24.4 Å². The van der Waals surface area contributed by atoms with Crippen molar-refractivity contribution in [1.29, 1.82) is 0 Å². The van der Waals surface area contributed by atoms with E-state index < -0.39 is 0 Å². The van der Waals surface area contributed by atoms with Gasteiger partial charge >= 0.3 is 0 Å². The molecule has 20 heavy (non-hydrogen) atoms. The minimum atomic E-state index is -0.135. The van der Waals surface area contributed by atoms with Gasteiger partial charge in [0, 0.05) is 22.7 Å². The molecular weight excluding hydrogens is 290 g/mol. The van der Waals surface area contributed by atoms with Crippen molar-refractivity contribution in [3.63, 3.8) is 0 Å². The Morgan fingerprint density at radius 2 is 2.30 bits per heavy atom. The summed E-state index contributed by atoms with van der Waals surface area (Å²) in [5.74, 6) is -0.135. The lowest BCUT2D eigenvalue weighted by atomic mass is 10.2. The zero-order valence-electron chi connectivity index (χ0n) is 10.8. The van der Waals surface area contributed by atoms with Crippen molar-refractivity contribution in [3.8, 4) is 0 Å². The summed E-state index contributed by atoms with van der Waals surface area (Å²) in [7, 11) is 0. The number of nitrogens with one attached hydrogen (secondary N) is 1. The molecule has 3 rings (SSSR count). The van der Waals surface area contributed by atoms with E-state index in [1.54, 1.807) is 23.7 Å². The fourth-order valence-electron chi connectivity index (χ4n) is 2.01. The highest BCUT2D eigenvalue weighted by atomic mass is 32.1. The van der Waals surface area contributed by atoms with Gasteiger partial charge in [-0.15, -0.1) is 22.7 Å². The van der Waals surface area contributed by atoms with Crippen molar-refractivity contribution >= 4 is 44.4 Å². The van der Waals surface area contributed by atoms with Crippen LogP contribution in [0.4, 0.5) is 5.69 Å². The number of nitrogens with zero attached hydrogens (tertiary/aromatic N) is 1. The number of nitrogens with two attached hydrogens (primary N) is 1. The van der Waals surface area contributed by atoms with Crippen LogP contribution in [0.5, 0.6) is 0 Å². The Hall–Kier alpha value is -1.92. The van der Waals surface area contributed by atoms with E-state index in [1.807, 2.05) is 30.5 Å². The van der Waals surface area contributed by atoms with E-state index in [0.717, 1.165) is 15.0 Å². The number of carbonyl (C=O) groups excluding carboxylic acids is 1. The molecule has 6 heteroatoms. The summed E-state index contributed by atoms with van der Waals surface area (Å²) >= 11 is 3.00. The van der Waals surface area contributed by atoms with E-state index in [9.17, 15) is 4.79 Å². The summed E-state index contributed by atoms with van der Waals surface area (Å²) < 4.78 is 0.930. The van der Waals surface area contributed by atoms with Crippen LogP contribution in [0.25, 0.3) is 10.1 Å². The van der Waals surface area contributed by atoms with Crippen LogP contribution in [-0.2, 0) is 0 Å². The molecule has 3 aromatic heterocycles. The first-order chi connectivity index (χ1) is 9.66. The third kappa shape index (κ3) is 2.28. The van der Waals surface area contributed by atoms with Crippen molar-refractivity contribution < 1.29 is 4.79 Å². The van der Waals surface area contributed by atoms with Gasteiger partial charge in [0.15, 0.2) is 0 Å². The van der Waals surface area contributed by atoms with Crippen molar-refractivity contribution in [3.05, 3.63) is 45.7 Å². The van der Waals surface area contributed by atoms with Gasteiger partial charge in [0.05, 0.1) is 16.4 Å². The summed E-state index contributed by atoms with van der Waals surface area (Å²) in [6.45, 7) is 1.97. The van der Waals surface area contributed by atoms with E-state index in [2.05, 4.69) is 10.3 Å². The number of amides is 1. The number of rotatable bonds is 3. The first-order valence-corrected chi connectivity index (χ1v) is 7.82. The van der Waals surface area contributed by atoms with Crippen LogP contribution in [0.3, 0.4) is 0 Å². The number of carbonyl (C=O) groups is 1. The predicted molar refractivity (Wildman–Crippen MR) is 84.2 cm³/mol. The summed E-state index contributed by atoms with van der Waals surface area (Å²) in [6, 6.07) is 5.79. The lowest BCUT2D eigenvalue weighted by Gasteiger charge is -2.11. The van der Waals surface area contributed by atoms with E-state index in [0.29, 0.717) is 10.6 Å². The molecule has 102 valence electrons. The number of thiophene rings is 2. The zero-order valence-corrected chi connectivity index (χ0v) is 12.4. The van der Waals surface area contributed by atoms with Crippen LogP contribution < -0.4 is 11.1 Å². The van der Waals surface area contributed by atoms with Gasteiger partial charge in [0.25, 0.3) is 5.91 Å². The first-order valence-electron chi connectivity index (χ1n) is 6.13. The van der Waals surface area contributed by atoms with Crippen LogP contribution in [-0.4, -0.2) is 10.9 Å². The maximum Gasteiger partial charge on any atom is 0.264 e. The normalized spacial score (nSPS) is 12.4. The van der Waals surface area contributed by atoms with Gasteiger partial charge in [0.2, 0.25) is 0 Å². The largest absolute Gasteiger partial charge is 0.397 e. The lowest BCUT2D eigenvalue weighted by Crippen LogP contribution is -2.25. The Labute approximate surface area is 124 Å². The molecule has 1 unspecified atom stereocenters. The fourth-order valence-corrected chi connectivity index (χ4v) is 3.74. The molecule has 0 aliphatic rings. The number of fused-ring (bicyclic) bond motifs is 1. The Morgan fingerprint density at radius 3 is 3.00 bits per heavy atom. The van der Waals surface area contributed by atoms with Crippen LogP contribution in [0, 0.1) is 0 Å². The molecule has 1 atom stereocenters. The summed E-state index contributed by atoms with van der Waals surface area (Å²) in [5.41, 5.74) is 6.59. The number of anilines is 1. The minimum absolute atomic E-state index is 0.0229. The topological polar surface area (TPSA) is 68.0 Å². The summed E-state index contributed by atoms with van der Waals surface area (Å²) in [4.78, 5) is 18.1. The quantitative estimate of drug-likeness (QED) is 0.779. The molecule has 3 N–H and O–H groups in total. The van der Waals surface area contributed by atoms with E-state index in [4.69, 9.17) is 5.73 Å². The van der Waals surface area contributed by atoms with Gasteiger partial charge in [0.1, 0.15) is 4.88 Å². The van der Waals surface area contributed by atoms with E-state index >= 15 is 0 Å². The molecule has 0 radical (unpaired) electrons. The molecule has 0 aliphatic carbocycles. The second kappa shape index (κ2) is 5.22. The van der Waals surface area contributed by atoms with Crippen LogP contribution in [0.1, 0.15) is 27.5 Å². The number of hydrogen-bond acceptors (Lipinski definition) is 5. The number of aromatic nitrogens is 1. The van der Waals surface area contributed by atoms with E-state index in [1.165, 1.54) is 11.3 Å². The molecular formula is C14H13N3OS2. The standard InChI is InChI=1S/C14H13N3OS2/c1-8(10-3-2-6-19-10)17-14(18)13-12(15)9-4-5-16-7-11(9)20-13/h2-8H,15H2,1H3,(H,17,18). The highest BCUT2D eigenvalue weighted by Crippen LogP contribution is 2.33. The Balaban J connectivity index is 1.87. The third-order valence-electron chi connectivity index (χ3n) is 3.06. The maximum absolute atomic E-state index is 12.3. The van der Waals surface area contributed by atoms with Gasteiger partial charge in [-0.25, -0.2) is 0 Å². The molecule has 0 aromatic carbocycles. The molecule has 0 aliphatic heterocycles. The second-order valence-electron chi connectivity index (χ2n) is 4.43. The Bertz CT molecular complexity index is 749. The van der Waals surface area contributed by atoms with Crippen molar-refractivity contribution in [2.75, 3.05) is 5.73 Å². The third-order valence-corrected chi connectivity index (χ3v) is 5.26. The van der Waals surface area contributed by atoms with Gasteiger partial charge in [-0.3, -0.25) is 9.78 Å². The fraction of sp³-hybridized carbons (Fsp3) is 0.143. The van der Waals surface area contributed by atoms with Crippen LogP contribution in [0.15, 0.2) is 36.0 Å². The number of pyridine rings is 1. The monoisotopic (exact) mass is 303 g/mol. The summed E-state index contributed by atoms with van der Waals surface area (Å²) in [5, 5.41) is 5.87. The molecule has 0 saturated heterocycles. The maximum atomic E-state index is 12.3. The molecule has 0 fully saturated rings. The van der Waals surface area contributed by atoms with Crippen molar-refractivity contribution in [1.82, 2.24) is 10.3 Å². The molecule has 3 heterocycles. The van der Waals surface area contributed by atoms with Crippen molar-refractivity contribution in [2.24, 2.45) is 0 Å². The van der Waals surface area contributed by atoms with Crippen molar-refractivity contribution in [2.45, 2.75) is 13.0 Å². The van der Waals surface area contributed by atoms with Gasteiger partial charge in [-0.2, -0.15) is 0 Å². The van der Waals surface area contributed by atoms with Crippen LogP contribution in [0.2, 0.25) is 0 Å². The Morgan fingerprint density at radius 1 is 1.45 bits per heavy atom. The van der Waals surface area contributed by atoms with Crippen LogP contribution >= 0.6 is 22.7 Å². The molecule has 0 spiro atoms. The minimum Gasteiger partial charge on any atom is -0.397 e. The number of nitrogen functional groups attached to an aromatic ring is 1. The highest BCUT2D eigenvalue weighted by molar-refractivity contribution is 7.21. The smallest absolute Gasteiger partial charge is 0.264 e. The predicted octanol–water partition coefficient (Wildman–Crippen LogP) is 3.43. The lowest BCUT2D eigenvalue weighted by molar-refractivity contribution is 0.0945. The first kappa shape index (κ1) is 13.1. The zero-order chi connectivity index (χ0) is 14.1. The average molecular weight is 303 g/mol. The summed E-state index contributed by atoms with van der Waals surface area (Å²) in [6.07, 6.45) is 3.41. The SMILES string of the molecule is CC(NC(=O)c1sc2cnccc2c1N)c1cccs1. The van der Waals surface area contributed by atoms with E-state index in [-0.39, 0.29) is 11.9 Å². The van der Waals surface area contributed by atoms with Gasteiger partial charge < -0.3 is 11.1 Å². The average Bonchev–Trinajstić information content (AvgIpc) is 3.07. The molecule has 0 bridgehead atoms. The molecule has 4 nitrogen and oxygen atoms in total. The number of hydrogen-bond donors (Lipinski definition) is 2. The Kier molecular flexibility index (Phi) is 3.42. The molecule has 0 saturated carbocycles. The molecule has 3 aromatic rings. The highest BCUT2D eigenvalue weighted by Gasteiger charge is 2.18. The second-order valence-corrected chi connectivity index (χ2v) is 6.46.